The van der Waals surface area contributed by atoms with Crippen LogP contribution in [0.15, 0.2) is 34.2 Å². The fraction of sp³-hybridized carbons (Fsp3) is 0.188. The molecule has 0 saturated heterocycles. The van der Waals surface area contributed by atoms with Crippen molar-refractivity contribution >= 4 is 39.3 Å². The first-order chi connectivity index (χ1) is 11.5. The quantitative estimate of drug-likeness (QED) is 0.713. The Balaban J connectivity index is 1.74. The Morgan fingerprint density at radius 1 is 1.33 bits per heavy atom. The fourth-order valence-corrected chi connectivity index (χ4v) is 2.92. The summed E-state index contributed by atoms with van der Waals surface area (Å²) in [6.07, 6.45) is 1.53. The molecule has 0 bridgehead atoms. The van der Waals surface area contributed by atoms with Crippen LogP contribution in [0.4, 0.5) is 9.52 Å². The molecule has 2 heterocycles. The predicted octanol–water partition coefficient (Wildman–Crippen LogP) is 3.15. The zero-order valence-electron chi connectivity index (χ0n) is 12.9. The van der Waals surface area contributed by atoms with Gasteiger partial charge in [0.1, 0.15) is 17.2 Å². The van der Waals surface area contributed by atoms with Gasteiger partial charge in [0.2, 0.25) is 0 Å². The van der Waals surface area contributed by atoms with Crippen LogP contribution in [0.2, 0.25) is 0 Å². The van der Waals surface area contributed by atoms with Crippen LogP contribution < -0.4 is 10.6 Å². The number of furan rings is 1. The van der Waals surface area contributed by atoms with Crippen LogP contribution in [0.3, 0.4) is 0 Å². The number of aromatic nitrogens is 1. The summed E-state index contributed by atoms with van der Waals surface area (Å²) >= 11 is 1.21. The monoisotopic (exact) mass is 347 g/mol. The molecule has 2 amide bonds. The number of carbonyl (C=O) groups is 2. The molecule has 0 fully saturated rings. The van der Waals surface area contributed by atoms with Gasteiger partial charge in [0.05, 0.1) is 6.04 Å². The van der Waals surface area contributed by atoms with Gasteiger partial charge < -0.3 is 9.73 Å². The number of amides is 2. The van der Waals surface area contributed by atoms with E-state index in [-0.39, 0.29) is 5.82 Å². The van der Waals surface area contributed by atoms with E-state index in [4.69, 9.17) is 4.42 Å². The molecule has 2 N–H and O–H groups in total. The Morgan fingerprint density at radius 3 is 2.83 bits per heavy atom. The molecule has 0 spiro atoms. The zero-order valence-corrected chi connectivity index (χ0v) is 13.7. The molecule has 0 aliphatic heterocycles. The van der Waals surface area contributed by atoms with Crippen molar-refractivity contribution in [3.05, 3.63) is 46.9 Å². The molecule has 0 saturated carbocycles. The molecule has 1 aromatic carbocycles. The molecular formula is C16H14FN3O3S. The van der Waals surface area contributed by atoms with Gasteiger partial charge in [-0.15, -0.1) is 11.3 Å². The molecule has 0 aliphatic carbocycles. The highest BCUT2D eigenvalue weighted by Gasteiger charge is 2.22. The Hall–Kier alpha value is -2.74. The van der Waals surface area contributed by atoms with E-state index in [9.17, 15) is 14.0 Å². The predicted molar refractivity (Wildman–Crippen MR) is 88.2 cm³/mol. The van der Waals surface area contributed by atoms with Gasteiger partial charge in [-0.3, -0.25) is 14.9 Å². The van der Waals surface area contributed by atoms with Crippen LogP contribution in [0.5, 0.6) is 0 Å². The lowest BCUT2D eigenvalue weighted by molar-refractivity contribution is -0.136. The van der Waals surface area contributed by atoms with Crippen LogP contribution in [0.25, 0.3) is 11.0 Å². The Morgan fingerprint density at radius 2 is 2.12 bits per heavy atom. The Labute approximate surface area is 140 Å². The average molecular weight is 347 g/mol. The molecule has 24 heavy (non-hydrogen) atoms. The van der Waals surface area contributed by atoms with Gasteiger partial charge in [0.15, 0.2) is 5.13 Å². The smallest absolute Gasteiger partial charge is 0.315 e. The molecule has 3 aromatic rings. The van der Waals surface area contributed by atoms with Crippen LogP contribution in [-0.2, 0) is 9.59 Å². The van der Waals surface area contributed by atoms with E-state index < -0.39 is 17.9 Å². The fourth-order valence-electron chi connectivity index (χ4n) is 2.39. The van der Waals surface area contributed by atoms with Crippen molar-refractivity contribution in [1.82, 2.24) is 10.3 Å². The van der Waals surface area contributed by atoms with Crippen molar-refractivity contribution in [2.75, 3.05) is 5.32 Å². The topological polar surface area (TPSA) is 84.2 Å². The highest BCUT2D eigenvalue weighted by atomic mass is 32.1. The maximum absolute atomic E-state index is 13.4. The van der Waals surface area contributed by atoms with E-state index >= 15 is 0 Å². The van der Waals surface area contributed by atoms with Crippen LogP contribution in [0, 0.1) is 12.7 Å². The highest BCUT2D eigenvalue weighted by molar-refractivity contribution is 7.13. The van der Waals surface area contributed by atoms with E-state index in [2.05, 4.69) is 15.6 Å². The van der Waals surface area contributed by atoms with Gasteiger partial charge in [0.25, 0.3) is 0 Å². The second kappa shape index (κ2) is 6.40. The first-order valence-electron chi connectivity index (χ1n) is 7.15. The number of fused-ring (bicyclic) bond motifs is 1. The average Bonchev–Trinajstić information content (AvgIpc) is 3.16. The van der Waals surface area contributed by atoms with Crippen molar-refractivity contribution < 1.29 is 18.4 Å². The molecule has 3 rings (SSSR count). The molecule has 124 valence electrons. The van der Waals surface area contributed by atoms with Crippen LogP contribution in [-0.4, -0.2) is 16.8 Å². The van der Waals surface area contributed by atoms with E-state index in [1.54, 1.807) is 19.2 Å². The van der Waals surface area contributed by atoms with Crippen molar-refractivity contribution in [1.29, 1.82) is 0 Å². The SMILES string of the molecule is Cc1c([C@H](C)NC(=O)C(=O)Nc2nccs2)oc2ccc(F)cc12. The van der Waals surface area contributed by atoms with Crippen molar-refractivity contribution in [3.63, 3.8) is 0 Å². The first kappa shape index (κ1) is 16.1. The number of hydrogen-bond donors (Lipinski definition) is 2. The summed E-state index contributed by atoms with van der Waals surface area (Å²) in [5.74, 6) is -1.50. The summed E-state index contributed by atoms with van der Waals surface area (Å²) in [5, 5.41) is 7.64. The van der Waals surface area contributed by atoms with Crippen molar-refractivity contribution in [3.8, 4) is 0 Å². The summed E-state index contributed by atoms with van der Waals surface area (Å²) in [6.45, 7) is 3.47. The minimum absolute atomic E-state index is 0.346. The van der Waals surface area contributed by atoms with Crippen LogP contribution >= 0.6 is 11.3 Å². The molecular weight excluding hydrogens is 333 g/mol. The molecule has 0 aliphatic rings. The number of carbonyl (C=O) groups excluding carboxylic acids is 2. The number of anilines is 1. The van der Waals surface area contributed by atoms with Crippen molar-refractivity contribution in [2.24, 2.45) is 0 Å². The van der Waals surface area contributed by atoms with Gasteiger partial charge in [-0.2, -0.15) is 0 Å². The van der Waals surface area contributed by atoms with E-state index in [1.807, 2.05) is 0 Å². The normalized spacial score (nSPS) is 12.1. The van der Waals surface area contributed by atoms with Gasteiger partial charge in [-0.1, -0.05) is 0 Å². The third-order valence-corrected chi connectivity index (χ3v) is 4.22. The largest absolute Gasteiger partial charge is 0.459 e. The number of aryl methyl sites for hydroxylation is 1. The number of hydrogen-bond acceptors (Lipinski definition) is 5. The third-order valence-electron chi connectivity index (χ3n) is 3.54. The summed E-state index contributed by atoms with van der Waals surface area (Å²) in [6, 6.07) is 3.67. The van der Waals surface area contributed by atoms with E-state index in [0.717, 1.165) is 5.56 Å². The molecule has 6 nitrogen and oxygen atoms in total. The van der Waals surface area contributed by atoms with Gasteiger partial charge in [-0.25, -0.2) is 9.37 Å². The molecule has 0 radical (unpaired) electrons. The lowest BCUT2D eigenvalue weighted by Crippen LogP contribution is -2.36. The standard InChI is InChI=1S/C16H14FN3O3S/c1-8-11-7-10(17)3-4-12(11)23-13(8)9(2)19-14(21)15(22)20-16-18-5-6-24-16/h3-7,9H,1-2H3,(H,19,21)(H,18,20,22)/t9-/m0/s1. The number of nitrogens with one attached hydrogen (secondary N) is 2. The minimum atomic E-state index is -0.809. The zero-order chi connectivity index (χ0) is 17.3. The number of benzene rings is 1. The van der Waals surface area contributed by atoms with Crippen LogP contribution in [0.1, 0.15) is 24.3 Å². The number of thiazole rings is 1. The lowest BCUT2D eigenvalue weighted by Gasteiger charge is -2.11. The number of nitrogens with zero attached hydrogens (tertiary/aromatic N) is 1. The van der Waals surface area contributed by atoms with E-state index in [1.165, 1.54) is 35.7 Å². The van der Waals surface area contributed by atoms with E-state index in [0.29, 0.717) is 21.9 Å². The summed E-state index contributed by atoms with van der Waals surface area (Å²) in [5.41, 5.74) is 1.25. The Bertz CT molecular complexity index is 905. The number of halogens is 1. The summed E-state index contributed by atoms with van der Waals surface area (Å²) in [7, 11) is 0. The molecule has 8 heteroatoms. The van der Waals surface area contributed by atoms with Gasteiger partial charge >= 0.3 is 11.8 Å². The Kier molecular flexibility index (Phi) is 4.30. The second-order valence-electron chi connectivity index (χ2n) is 5.22. The summed E-state index contributed by atoms with van der Waals surface area (Å²) in [4.78, 5) is 27.7. The first-order valence-corrected chi connectivity index (χ1v) is 8.03. The van der Waals surface area contributed by atoms with Gasteiger partial charge in [-0.05, 0) is 32.0 Å². The maximum Gasteiger partial charge on any atom is 0.315 e. The molecule has 0 unspecified atom stereocenters. The summed E-state index contributed by atoms with van der Waals surface area (Å²) < 4.78 is 19.0. The van der Waals surface area contributed by atoms with Crippen molar-refractivity contribution in [2.45, 2.75) is 19.9 Å². The molecule has 1 atom stereocenters. The minimum Gasteiger partial charge on any atom is -0.459 e. The maximum atomic E-state index is 13.4. The van der Waals surface area contributed by atoms with Gasteiger partial charge in [0, 0.05) is 22.5 Å². The number of rotatable bonds is 3. The highest BCUT2D eigenvalue weighted by Crippen LogP contribution is 2.29. The second-order valence-corrected chi connectivity index (χ2v) is 6.11. The molecule has 2 aromatic heterocycles. The lowest BCUT2D eigenvalue weighted by atomic mass is 10.1. The third kappa shape index (κ3) is 3.13.